The lowest BCUT2D eigenvalue weighted by atomic mass is 10.1. The summed E-state index contributed by atoms with van der Waals surface area (Å²) in [6, 6.07) is 8.72. The van der Waals surface area contributed by atoms with Crippen LogP contribution in [0, 0.1) is 0 Å². The maximum Gasteiger partial charge on any atom is 0.285 e. The lowest BCUT2D eigenvalue weighted by molar-refractivity contribution is -0.123. The van der Waals surface area contributed by atoms with E-state index in [0.29, 0.717) is 26.8 Å². The van der Waals surface area contributed by atoms with Crippen LogP contribution in [0.15, 0.2) is 40.6 Å². The molecule has 0 saturated carbocycles. The van der Waals surface area contributed by atoms with Gasteiger partial charge in [0.25, 0.3) is 11.8 Å². The molecule has 3 rings (SSSR count). The molecule has 26 heavy (non-hydrogen) atoms. The van der Waals surface area contributed by atoms with E-state index in [1.165, 1.54) is 11.3 Å². The highest BCUT2D eigenvalue weighted by molar-refractivity contribution is 8.26. The fourth-order valence-electron chi connectivity index (χ4n) is 2.21. The van der Waals surface area contributed by atoms with Gasteiger partial charge in [-0.05, 0) is 41.9 Å². The number of benzene rings is 1. The summed E-state index contributed by atoms with van der Waals surface area (Å²) in [7, 11) is 3.11. The standard InChI is InChI=1S/C17H14N2O4S3/c1-22-11-6-5-10(12(9-11)23-2)8-14-16(21)19(17(24)26-14)18-15(20)13-4-3-7-25-13/h3-9H,1-2H3,(H,18,20). The van der Waals surface area contributed by atoms with Crippen LogP contribution in [0.4, 0.5) is 0 Å². The summed E-state index contributed by atoms with van der Waals surface area (Å²) in [6.45, 7) is 0. The molecule has 0 spiro atoms. The van der Waals surface area contributed by atoms with Crippen LogP contribution in [0.3, 0.4) is 0 Å². The Bertz CT molecular complexity index is 893. The minimum atomic E-state index is -0.386. The fourth-order valence-corrected chi connectivity index (χ4v) is 3.99. The van der Waals surface area contributed by atoms with E-state index in [2.05, 4.69) is 5.43 Å². The van der Waals surface area contributed by atoms with Gasteiger partial charge in [-0.2, -0.15) is 5.01 Å². The lowest BCUT2D eigenvalue weighted by Crippen LogP contribution is -2.44. The third kappa shape index (κ3) is 3.74. The normalized spacial score (nSPS) is 15.5. The van der Waals surface area contributed by atoms with Crippen LogP contribution in [0.2, 0.25) is 0 Å². The van der Waals surface area contributed by atoms with Gasteiger partial charge < -0.3 is 9.47 Å². The van der Waals surface area contributed by atoms with Gasteiger partial charge in [-0.15, -0.1) is 11.3 Å². The number of nitrogens with zero attached hydrogens (tertiary/aromatic N) is 1. The molecule has 0 radical (unpaired) electrons. The van der Waals surface area contributed by atoms with E-state index < -0.39 is 0 Å². The number of hydrogen-bond donors (Lipinski definition) is 1. The highest BCUT2D eigenvalue weighted by Crippen LogP contribution is 2.34. The van der Waals surface area contributed by atoms with Crippen LogP contribution in [-0.4, -0.2) is 35.4 Å². The van der Waals surface area contributed by atoms with Crippen LogP contribution >= 0.6 is 35.3 Å². The molecule has 1 aromatic carbocycles. The topological polar surface area (TPSA) is 67.9 Å². The largest absolute Gasteiger partial charge is 0.497 e. The summed E-state index contributed by atoms with van der Waals surface area (Å²) in [5, 5.41) is 2.87. The van der Waals surface area contributed by atoms with Crippen LogP contribution in [0.1, 0.15) is 15.2 Å². The number of nitrogens with one attached hydrogen (secondary N) is 1. The van der Waals surface area contributed by atoms with Crippen molar-refractivity contribution in [3.63, 3.8) is 0 Å². The Morgan fingerprint density at radius 1 is 1.27 bits per heavy atom. The first-order valence-corrected chi connectivity index (χ1v) is 9.48. The number of ether oxygens (including phenoxy) is 2. The summed E-state index contributed by atoms with van der Waals surface area (Å²) in [5.74, 6) is 0.453. The summed E-state index contributed by atoms with van der Waals surface area (Å²) < 4.78 is 10.8. The number of methoxy groups -OCH3 is 2. The lowest BCUT2D eigenvalue weighted by Gasteiger charge is -2.14. The van der Waals surface area contributed by atoms with Crippen molar-refractivity contribution < 1.29 is 19.1 Å². The molecule has 0 bridgehead atoms. The molecule has 1 aromatic heterocycles. The van der Waals surface area contributed by atoms with Gasteiger partial charge in [0.15, 0.2) is 4.32 Å². The van der Waals surface area contributed by atoms with Crippen LogP contribution in [-0.2, 0) is 4.79 Å². The molecule has 9 heteroatoms. The number of rotatable bonds is 5. The Kier molecular flexibility index (Phi) is 5.60. The van der Waals surface area contributed by atoms with E-state index in [1.54, 1.807) is 56.0 Å². The van der Waals surface area contributed by atoms with E-state index in [0.717, 1.165) is 16.8 Å². The van der Waals surface area contributed by atoms with Gasteiger partial charge in [-0.1, -0.05) is 17.8 Å². The maximum atomic E-state index is 12.6. The van der Waals surface area contributed by atoms with E-state index in [1.807, 2.05) is 0 Å². The predicted octanol–water partition coefficient (Wildman–Crippen LogP) is 3.31. The van der Waals surface area contributed by atoms with E-state index in [4.69, 9.17) is 21.7 Å². The van der Waals surface area contributed by atoms with E-state index >= 15 is 0 Å². The number of carbonyl (C=O) groups is 2. The summed E-state index contributed by atoms with van der Waals surface area (Å²) in [5.41, 5.74) is 3.25. The second kappa shape index (κ2) is 7.90. The molecule has 6 nitrogen and oxygen atoms in total. The van der Waals surface area contributed by atoms with Crippen LogP contribution in [0.5, 0.6) is 11.5 Å². The number of amides is 2. The Balaban J connectivity index is 1.82. The number of carbonyl (C=O) groups excluding carboxylic acids is 2. The average Bonchev–Trinajstić information content (AvgIpc) is 3.27. The molecular weight excluding hydrogens is 392 g/mol. The van der Waals surface area contributed by atoms with Crippen molar-refractivity contribution in [2.45, 2.75) is 0 Å². The molecule has 134 valence electrons. The van der Waals surface area contributed by atoms with Gasteiger partial charge in [0.1, 0.15) is 11.5 Å². The predicted molar refractivity (Wildman–Crippen MR) is 106 cm³/mol. The van der Waals surface area contributed by atoms with Crippen molar-refractivity contribution in [1.82, 2.24) is 10.4 Å². The molecule has 2 amide bonds. The van der Waals surface area contributed by atoms with Gasteiger partial charge in [-0.3, -0.25) is 15.0 Å². The highest BCUT2D eigenvalue weighted by atomic mass is 32.2. The van der Waals surface area contributed by atoms with Gasteiger partial charge >= 0.3 is 0 Å². The summed E-state index contributed by atoms with van der Waals surface area (Å²) in [4.78, 5) is 25.7. The number of thioether (sulfide) groups is 1. The summed E-state index contributed by atoms with van der Waals surface area (Å²) >= 11 is 7.63. The van der Waals surface area contributed by atoms with Crippen molar-refractivity contribution in [2.75, 3.05) is 14.2 Å². The second-order valence-corrected chi connectivity index (χ2v) is 7.67. The average molecular weight is 407 g/mol. The molecule has 1 N–H and O–H groups in total. The molecule has 2 heterocycles. The second-order valence-electron chi connectivity index (χ2n) is 5.04. The Morgan fingerprint density at radius 2 is 2.08 bits per heavy atom. The quantitative estimate of drug-likeness (QED) is 0.607. The molecule has 0 atom stereocenters. The number of thiocarbonyl (C=S) groups is 1. The molecule has 0 aliphatic carbocycles. The molecule has 1 fully saturated rings. The van der Waals surface area contributed by atoms with Crippen molar-refractivity contribution in [3.05, 3.63) is 51.1 Å². The monoisotopic (exact) mass is 406 g/mol. The molecule has 2 aromatic rings. The minimum Gasteiger partial charge on any atom is -0.497 e. The zero-order valence-corrected chi connectivity index (χ0v) is 16.3. The molecule has 1 aliphatic rings. The highest BCUT2D eigenvalue weighted by Gasteiger charge is 2.34. The first-order valence-electron chi connectivity index (χ1n) is 7.38. The van der Waals surface area contributed by atoms with Gasteiger partial charge in [0.05, 0.1) is 24.0 Å². The zero-order chi connectivity index (χ0) is 18.7. The van der Waals surface area contributed by atoms with Crippen molar-refractivity contribution >= 4 is 57.5 Å². The SMILES string of the molecule is COc1ccc(C=C2SC(=S)N(NC(=O)c3cccs3)C2=O)c(OC)c1. The van der Waals surface area contributed by atoms with Crippen molar-refractivity contribution in [3.8, 4) is 11.5 Å². The van der Waals surface area contributed by atoms with Crippen LogP contribution < -0.4 is 14.9 Å². The third-order valence-corrected chi connectivity index (χ3v) is 5.65. The Morgan fingerprint density at radius 3 is 2.73 bits per heavy atom. The minimum absolute atomic E-state index is 0.263. The first-order chi connectivity index (χ1) is 12.5. The Labute approximate surface area is 163 Å². The zero-order valence-electron chi connectivity index (χ0n) is 13.8. The number of hydrazine groups is 1. The Hall–Kier alpha value is -2.36. The number of hydrogen-bond acceptors (Lipinski definition) is 7. The third-order valence-electron chi connectivity index (χ3n) is 3.48. The van der Waals surface area contributed by atoms with E-state index in [9.17, 15) is 9.59 Å². The van der Waals surface area contributed by atoms with Gasteiger partial charge in [-0.25, -0.2) is 0 Å². The molecule has 1 saturated heterocycles. The van der Waals surface area contributed by atoms with Gasteiger partial charge in [0.2, 0.25) is 0 Å². The molecular formula is C17H14N2O4S3. The smallest absolute Gasteiger partial charge is 0.285 e. The fraction of sp³-hybridized carbons (Fsp3) is 0.118. The van der Waals surface area contributed by atoms with Crippen molar-refractivity contribution in [1.29, 1.82) is 0 Å². The van der Waals surface area contributed by atoms with Crippen LogP contribution in [0.25, 0.3) is 6.08 Å². The van der Waals surface area contributed by atoms with Crippen molar-refractivity contribution in [2.24, 2.45) is 0 Å². The summed E-state index contributed by atoms with van der Waals surface area (Å²) in [6.07, 6.45) is 1.68. The van der Waals surface area contributed by atoms with Gasteiger partial charge in [0, 0.05) is 11.6 Å². The number of thiophene rings is 1. The molecule has 0 unspecified atom stereocenters. The molecule has 1 aliphatic heterocycles. The maximum absolute atomic E-state index is 12.6. The van der Waals surface area contributed by atoms with E-state index in [-0.39, 0.29) is 16.1 Å². The first kappa shape index (κ1) is 18.4.